The quantitative estimate of drug-likeness (QED) is 0.844. The maximum Gasteiger partial charge on any atom is 0.326 e. The fraction of sp³-hybridized carbons (Fsp3) is 0.385. The third kappa shape index (κ3) is 3.55. The molecule has 0 spiro atoms. The first kappa shape index (κ1) is 14.2. The monoisotopic (exact) mass is 253 g/mol. The summed E-state index contributed by atoms with van der Waals surface area (Å²) in [5.41, 5.74) is 0.242. The molecule has 0 aromatic heterocycles. The molecule has 5 heteroatoms. The zero-order chi connectivity index (χ0) is 13.7. The van der Waals surface area contributed by atoms with Crippen LogP contribution >= 0.6 is 0 Å². The van der Waals surface area contributed by atoms with Gasteiger partial charge in [-0.15, -0.1) is 0 Å². The molecule has 0 aliphatic heterocycles. The number of hydrogen-bond acceptors (Lipinski definition) is 2. The van der Waals surface area contributed by atoms with Crippen LogP contribution in [-0.2, 0) is 4.79 Å². The Morgan fingerprint density at radius 1 is 1.33 bits per heavy atom. The van der Waals surface area contributed by atoms with Crippen molar-refractivity contribution in [2.75, 3.05) is 0 Å². The lowest BCUT2D eigenvalue weighted by Gasteiger charge is -2.20. The van der Waals surface area contributed by atoms with Crippen LogP contribution in [0.5, 0.6) is 0 Å². The van der Waals surface area contributed by atoms with E-state index in [-0.39, 0.29) is 11.5 Å². The van der Waals surface area contributed by atoms with Crippen LogP contribution in [0.15, 0.2) is 24.3 Å². The van der Waals surface area contributed by atoms with Gasteiger partial charge in [-0.05, 0) is 30.2 Å². The van der Waals surface area contributed by atoms with E-state index in [0.717, 1.165) is 12.1 Å². The van der Waals surface area contributed by atoms with E-state index < -0.39 is 23.7 Å². The molecule has 0 saturated heterocycles. The van der Waals surface area contributed by atoms with E-state index in [4.69, 9.17) is 5.11 Å². The van der Waals surface area contributed by atoms with Crippen LogP contribution in [0, 0.1) is 11.7 Å². The molecule has 18 heavy (non-hydrogen) atoms. The number of carbonyl (C=O) groups excluding carboxylic acids is 1. The molecule has 1 rings (SSSR count). The van der Waals surface area contributed by atoms with E-state index in [2.05, 4.69) is 5.32 Å². The molecule has 0 fully saturated rings. The topological polar surface area (TPSA) is 66.4 Å². The number of carboxylic acids is 1. The average molecular weight is 253 g/mol. The summed E-state index contributed by atoms with van der Waals surface area (Å²) in [5, 5.41) is 11.5. The summed E-state index contributed by atoms with van der Waals surface area (Å²) in [4.78, 5) is 22.8. The molecule has 0 aliphatic carbocycles. The summed E-state index contributed by atoms with van der Waals surface area (Å²) in [6, 6.07) is 4.02. The van der Waals surface area contributed by atoms with Gasteiger partial charge < -0.3 is 10.4 Å². The van der Waals surface area contributed by atoms with E-state index in [1.165, 1.54) is 12.1 Å². The summed E-state index contributed by atoms with van der Waals surface area (Å²) in [6.07, 6.45) is 0.640. The van der Waals surface area contributed by atoms with E-state index >= 15 is 0 Å². The number of nitrogens with one attached hydrogen (secondary N) is 1. The highest BCUT2D eigenvalue weighted by Gasteiger charge is 2.25. The van der Waals surface area contributed by atoms with Crippen LogP contribution in [0.4, 0.5) is 4.39 Å². The molecule has 4 nitrogen and oxygen atoms in total. The molecule has 1 aromatic carbocycles. The Kier molecular flexibility index (Phi) is 4.83. The lowest BCUT2D eigenvalue weighted by atomic mass is 9.99. The number of amides is 1. The van der Waals surface area contributed by atoms with Gasteiger partial charge in [0.25, 0.3) is 5.91 Å². The Labute approximate surface area is 105 Å². The minimum Gasteiger partial charge on any atom is -0.480 e. The van der Waals surface area contributed by atoms with Crippen LogP contribution in [0.3, 0.4) is 0 Å². The summed E-state index contributed by atoms with van der Waals surface area (Å²) in [5.74, 6) is -2.20. The number of carboxylic acid groups (broad SMARTS) is 1. The number of benzene rings is 1. The van der Waals surface area contributed by atoms with Gasteiger partial charge in [0.1, 0.15) is 11.9 Å². The van der Waals surface area contributed by atoms with Gasteiger partial charge in [-0.3, -0.25) is 4.79 Å². The van der Waals surface area contributed by atoms with Gasteiger partial charge in [0.2, 0.25) is 0 Å². The minimum atomic E-state index is -1.07. The molecular formula is C13H16FNO3. The van der Waals surface area contributed by atoms with Crippen LogP contribution in [0.2, 0.25) is 0 Å². The first-order chi connectivity index (χ1) is 8.45. The van der Waals surface area contributed by atoms with E-state index in [1.54, 1.807) is 6.92 Å². The standard InChI is InChI=1S/C13H16FNO3/c1-3-8(2)11(13(17)18)15-12(16)9-4-6-10(14)7-5-9/h4-8,11H,3H2,1-2H3,(H,15,16)(H,17,18)/t8-,11-/m0/s1. The Hall–Kier alpha value is -1.91. The highest BCUT2D eigenvalue weighted by molar-refractivity contribution is 5.96. The predicted octanol–water partition coefficient (Wildman–Crippen LogP) is 2.05. The first-order valence-electron chi connectivity index (χ1n) is 5.75. The zero-order valence-corrected chi connectivity index (χ0v) is 10.3. The number of halogens is 1. The highest BCUT2D eigenvalue weighted by atomic mass is 19.1. The van der Waals surface area contributed by atoms with E-state index in [0.29, 0.717) is 6.42 Å². The molecule has 1 amide bonds. The normalized spacial score (nSPS) is 13.7. The summed E-state index contributed by atoms with van der Waals surface area (Å²) in [6.45, 7) is 3.61. The number of hydrogen-bond donors (Lipinski definition) is 2. The SMILES string of the molecule is CC[C@H](C)[C@H](NC(=O)c1ccc(F)cc1)C(=O)O. The Morgan fingerprint density at radius 3 is 2.33 bits per heavy atom. The second-order valence-electron chi connectivity index (χ2n) is 4.18. The lowest BCUT2D eigenvalue weighted by molar-refractivity contribution is -0.140. The van der Waals surface area contributed by atoms with Crippen molar-refractivity contribution in [1.82, 2.24) is 5.32 Å². The first-order valence-corrected chi connectivity index (χ1v) is 5.75. The van der Waals surface area contributed by atoms with Gasteiger partial charge in [-0.25, -0.2) is 9.18 Å². The van der Waals surface area contributed by atoms with Crippen molar-refractivity contribution in [2.24, 2.45) is 5.92 Å². The van der Waals surface area contributed by atoms with Crippen molar-refractivity contribution in [2.45, 2.75) is 26.3 Å². The smallest absolute Gasteiger partial charge is 0.326 e. The van der Waals surface area contributed by atoms with Gasteiger partial charge in [0.05, 0.1) is 0 Å². The van der Waals surface area contributed by atoms with Crippen LogP contribution in [0.1, 0.15) is 30.6 Å². The summed E-state index contributed by atoms with van der Waals surface area (Å²) >= 11 is 0. The fourth-order valence-electron chi connectivity index (χ4n) is 1.51. The highest BCUT2D eigenvalue weighted by Crippen LogP contribution is 2.10. The summed E-state index contributed by atoms with van der Waals surface area (Å²) < 4.78 is 12.7. The van der Waals surface area contributed by atoms with Gasteiger partial charge in [0, 0.05) is 5.56 Å². The molecule has 98 valence electrons. The molecule has 0 saturated carbocycles. The van der Waals surface area contributed by atoms with Crippen molar-refractivity contribution < 1.29 is 19.1 Å². The third-order valence-corrected chi connectivity index (χ3v) is 2.87. The van der Waals surface area contributed by atoms with Crippen molar-refractivity contribution in [3.8, 4) is 0 Å². The van der Waals surface area contributed by atoms with Crippen LogP contribution < -0.4 is 5.32 Å². The zero-order valence-electron chi connectivity index (χ0n) is 10.3. The molecule has 1 aromatic rings. The molecule has 0 radical (unpaired) electrons. The maximum absolute atomic E-state index is 12.7. The minimum absolute atomic E-state index is 0.174. The maximum atomic E-state index is 12.7. The van der Waals surface area contributed by atoms with Crippen molar-refractivity contribution in [3.63, 3.8) is 0 Å². The van der Waals surface area contributed by atoms with Crippen molar-refractivity contribution >= 4 is 11.9 Å². The molecule has 2 N–H and O–H groups in total. The molecule has 0 aliphatic rings. The third-order valence-electron chi connectivity index (χ3n) is 2.87. The predicted molar refractivity (Wildman–Crippen MR) is 64.7 cm³/mol. The Bertz CT molecular complexity index is 430. The van der Waals surface area contributed by atoms with Crippen molar-refractivity contribution in [1.29, 1.82) is 0 Å². The van der Waals surface area contributed by atoms with Gasteiger partial charge in [-0.1, -0.05) is 20.3 Å². The number of aliphatic carboxylic acids is 1. The fourth-order valence-corrected chi connectivity index (χ4v) is 1.51. The molecule has 2 atom stereocenters. The second kappa shape index (κ2) is 6.14. The van der Waals surface area contributed by atoms with Crippen LogP contribution in [-0.4, -0.2) is 23.0 Å². The van der Waals surface area contributed by atoms with Gasteiger partial charge in [-0.2, -0.15) is 0 Å². The lowest BCUT2D eigenvalue weighted by Crippen LogP contribution is -2.45. The van der Waals surface area contributed by atoms with Gasteiger partial charge in [0.15, 0.2) is 0 Å². The largest absolute Gasteiger partial charge is 0.480 e. The number of rotatable bonds is 5. The summed E-state index contributed by atoms with van der Waals surface area (Å²) in [7, 11) is 0. The van der Waals surface area contributed by atoms with Crippen LogP contribution in [0.25, 0.3) is 0 Å². The second-order valence-corrected chi connectivity index (χ2v) is 4.18. The molecule has 0 bridgehead atoms. The molecular weight excluding hydrogens is 237 g/mol. The van der Waals surface area contributed by atoms with Gasteiger partial charge >= 0.3 is 5.97 Å². The average Bonchev–Trinajstić information content (AvgIpc) is 2.35. The molecule has 0 unspecified atom stereocenters. The Morgan fingerprint density at radius 2 is 1.89 bits per heavy atom. The van der Waals surface area contributed by atoms with E-state index in [1.807, 2.05) is 6.92 Å². The molecule has 0 heterocycles. The van der Waals surface area contributed by atoms with Crippen molar-refractivity contribution in [3.05, 3.63) is 35.6 Å². The number of carbonyl (C=O) groups is 2. The van der Waals surface area contributed by atoms with E-state index in [9.17, 15) is 14.0 Å². The Balaban J connectivity index is 2.78.